The zero-order valence-corrected chi connectivity index (χ0v) is 16.4. The van der Waals surface area contributed by atoms with Gasteiger partial charge >= 0.3 is 6.09 Å². The number of hydrogen-bond acceptors (Lipinski definition) is 5. The molecule has 0 unspecified atom stereocenters. The van der Waals surface area contributed by atoms with Crippen LogP contribution in [0.5, 0.6) is 0 Å². The quantitative estimate of drug-likeness (QED) is 0.805. The summed E-state index contributed by atoms with van der Waals surface area (Å²) in [4.78, 5) is 25.6. The van der Waals surface area contributed by atoms with Crippen LogP contribution in [0.15, 0.2) is 36.4 Å². The minimum Gasteiger partial charge on any atom is -0.445 e. The average molecular weight is 368 g/mol. The summed E-state index contributed by atoms with van der Waals surface area (Å²) >= 11 is 0. The minimum atomic E-state index is -0.228. The van der Waals surface area contributed by atoms with Gasteiger partial charge < -0.3 is 14.5 Å². The molecule has 6 nitrogen and oxygen atoms in total. The van der Waals surface area contributed by atoms with Crippen molar-refractivity contribution in [2.45, 2.75) is 46.3 Å². The maximum Gasteiger partial charge on any atom is 0.410 e. The SMILES string of the molecule is CCN(C(=O)OCc1ccccc1)C1CCN(c2cc(C)nc(C)n2)CC1. The molecule has 0 saturated carbocycles. The van der Waals surface area contributed by atoms with Crippen molar-refractivity contribution in [2.75, 3.05) is 24.5 Å². The molecule has 1 aromatic heterocycles. The van der Waals surface area contributed by atoms with E-state index >= 15 is 0 Å². The Labute approximate surface area is 161 Å². The van der Waals surface area contributed by atoms with E-state index in [-0.39, 0.29) is 12.1 Å². The fourth-order valence-corrected chi connectivity index (χ4v) is 3.60. The first kappa shape index (κ1) is 19.1. The van der Waals surface area contributed by atoms with E-state index in [1.807, 2.05) is 62.1 Å². The number of ether oxygens (including phenoxy) is 1. The van der Waals surface area contributed by atoms with E-state index in [9.17, 15) is 4.79 Å². The van der Waals surface area contributed by atoms with Crippen LogP contribution in [0.25, 0.3) is 0 Å². The molecule has 1 saturated heterocycles. The first-order chi connectivity index (χ1) is 13.1. The highest BCUT2D eigenvalue weighted by Crippen LogP contribution is 2.22. The van der Waals surface area contributed by atoms with E-state index in [2.05, 4.69) is 14.9 Å². The van der Waals surface area contributed by atoms with Gasteiger partial charge in [-0.15, -0.1) is 0 Å². The van der Waals surface area contributed by atoms with Crippen LogP contribution in [0, 0.1) is 13.8 Å². The van der Waals surface area contributed by atoms with Crippen LogP contribution in [0.3, 0.4) is 0 Å². The maximum absolute atomic E-state index is 12.6. The molecule has 144 valence electrons. The van der Waals surface area contributed by atoms with Crippen molar-refractivity contribution in [3.8, 4) is 0 Å². The average Bonchev–Trinajstić information content (AvgIpc) is 2.67. The van der Waals surface area contributed by atoms with Gasteiger partial charge in [0.2, 0.25) is 0 Å². The molecule has 1 aromatic carbocycles. The highest BCUT2D eigenvalue weighted by Gasteiger charge is 2.28. The van der Waals surface area contributed by atoms with Crippen LogP contribution in [0.4, 0.5) is 10.6 Å². The number of nitrogens with zero attached hydrogens (tertiary/aromatic N) is 4. The summed E-state index contributed by atoms with van der Waals surface area (Å²) in [5, 5.41) is 0. The third-order valence-electron chi connectivity index (χ3n) is 4.96. The van der Waals surface area contributed by atoms with Gasteiger partial charge in [-0.25, -0.2) is 14.8 Å². The third kappa shape index (κ3) is 4.96. The Bertz CT molecular complexity index is 738. The van der Waals surface area contributed by atoms with Crippen molar-refractivity contribution in [3.05, 3.63) is 53.5 Å². The standard InChI is InChI=1S/C21H28N4O2/c1-4-25(21(26)27-15-18-8-6-5-7-9-18)19-10-12-24(13-11-19)20-14-16(2)22-17(3)23-20/h5-9,14,19H,4,10-13,15H2,1-3H3. The van der Waals surface area contributed by atoms with Gasteiger partial charge in [0.15, 0.2) is 0 Å². The number of hydrogen-bond donors (Lipinski definition) is 0. The Hall–Kier alpha value is -2.63. The van der Waals surface area contributed by atoms with Crippen LogP contribution in [0.1, 0.15) is 36.8 Å². The van der Waals surface area contributed by atoms with Gasteiger partial charge in [0.05, 0.1) is 0 Å². The molecule has 0 radical (unpaired) electrons. The Balaban J connectivity index is 1.55. The Morgan fingerprint density at radius 3 is 2.52 bits per heavy atom. The molecule has 2 aromatic rings. The maximum atomic E-state index is 12.6. The second-order valence-corrected chi connectivity index (χ2v) is 6.96. The number of aromatic nitrogens is 2. The summed E-state index contributed by atoms with van der Waals surface area (Å²) in [5.41, 5.74) is 1.99. The molecule has 0 atom stereocenters. The summed E-state index contributed by atoms with van der Waals surface area (Å²) in [6.07, 6.45) is 1.60. The first-order valence-corrected chi connectivity index (χ1v) is 9.61. The Kier molecular flexibility index (Phi) is 6.27. The van der Waals surface area contributed by atoms with Crippen molar-refractivity contribution >= 4 is 11.9 Å². The van der Waals surface area contributed by atoms with Crippen molar-refractivity contribution in [3.63, 3.8) is 0 Å². The molecule has 2 heterocycles. The molecular formula is C21H28N4O2. The second-order valence-electron chi connectivity index (χ2n) is 6.96. The number of carbonyl (C=O) groups excluding carboxylic acids is 1. The molecule has 0 spiro atoms. The smallest absolute Gasteiger partial charge is 0.410 e. The van der Waals surface area contributed by atoms with E-state index < -0.39 is 0 Å². The van der Waals surface area contributed by atoms with Gasteiger partial charge in [0.25, 0.3) is 0 Å². The van der Waals surface area contributed by atoms with E-state index in [0.29, 0.717) is 13.2 Å². The number of rotatable bonds is 5. The summed E-state index contributed by atoms with van der Waals surface area (Å²) in [7, 11) is 0. The number of aryl methyl sites for hydroxylation is 2. The first-order valence-electron chi connectivity index (χ1n) is 9.61. The highest BCUT2D eigenvalue weighted by molar-refractivity contribution is 5.68. The van der Waals surface area contributed by atoms with Gasteiger partial charge in [0.1, 0.15) is 18.2 Å². The summed E-state index contributed by atoms with van der Waals surface area (Å²) in [5.74, 6) is 1.78. The van der Waals surface area contributed by atoms with Gasteiger partial charge in [0, 0.05) is 37.4 Å². The van der Waals surface area contributed by atoms with Gasteiger partial charge in [-0.3, -0.25) is 0 Å². The summed E-state index contributed by atoms with van der Waals surface area (Å²) in [6.45, 7) is 8.65. The molecule has 3 rings (SSSR count). The van der Waals surface area contributed by atoms with Crippen molar-refractivity contribution in [1.82, 2.24) is 14.9 Å². The molecule has 0 aliphatic carbocycles. The van der Waals surface area contributed by atoms with E-state index in [4.69, 9.17) is 4.74 Å². The fourth-order valence-electron chi connectivity index (χ4n) is 3.60. The molecule has 1 fully saturated rings. The second kappa shape index (κ2) is 8.84. The fraction of sp³-hybridized carbons (Fsp3) is 0.476. The lowest BCUT2D eigenvalue weighted by atomic mass is 10.0. The van der Waals surface area contributed by atoms with Crippen molar-refractivity contribution in [2.24, 2.45) is 0 Å². The lowest BCUT2D eigenvalue weighted by Gasteiger charge is -2.38. The molecule has 27 heavy (non-hydrogen) atoms. The number of anilines is 1. The van der Waals surface area contributed by atoms with Crippen LogP contribution in [-0.4, -0.2) is 46.6 Å². The largest absolute Gasteiger partial charge is 0.445 e. The highest BCUT2D eigenvalue weighted by atomic mass is 16.6. The van der Waals surface area contributed by atoms with Crippen LogP contribution in [0.2, 0.25) is 0 Å². The normalized spacial score (nSPS) is 14.9. The summed E-state index contributed by atoms with van der Waals surface area (Å²) in [6, 6.07) is 12.0. The molecule has 0 bridgehead atoms. The van der Waals surface area contributed by atoms with E-state index in [1.54, 1.807) is 0 Å². The van der Waals surface area contributed by atoms with E-state index in [1.165, 1.54) is 0 Å². The molecule has 1 aliphatic heterocycles. The number of amides is 1. The number of carbonyl (C=O) groups is 1. The molecule has 6 heteroatoms. The predicted octanol–water partition coefficient (Wildman–Crippen LogP) is 3.72. The van der Waals surface area contributed by atoms with Crippen molar-refractivity contribution < 1.29 is 9.53 Å². The molecular weight excluding hydrogens is 340 g/mol. The zero-order valence-electron chi connectivity index (χ0n) is 16.4. The van der Waals surface area contributed by atoms with Crippen LogP contribution < -0.4 is 4.90 Å². The van der Waals surface area contributed by atoms with Gasteiger partial charge in [-0.05, 0) is 39.2 Å². The Morgan fingerprint density at radius 2 is 1.89 bits per heavy atom. The van der Waals surface area contributed by atoms with Crippen LogP contribution >= 0.6 is 0 Å². The summed E-state index contributed by atoms with van der Waals surface area (Å²) < 4.78 is 5.53. The van der Waals surface area contributed by atoms with Gasteiger partial charge in [-0.2, -0.15) is 0 Å². The van der Waals surface area contributed by atoms with Gasteiger partial charge in [-0.1, -0.05) is 30.3 Å². The Morgan fingerprint density at radius 1 is 1.19 bits per heavy atom. The van der Waals surface area contributed by atoms with Crippen LogP contribution in [-0.2, 0) is 11.3 Å². The third-order valence-corrected chi connectivity index (χ3v) is 4.96. The zero-order chi connectivity index (χ0) is 19.2. The van der Waals surface area contributed by atoms with Crippen molar-refractivity contribution in [1.29, 1.82) is 0 Å². The molecule has 1 amide bonds. The minimum absolute atomic E-state index is 0.207. The lowest BCUT2D eigenvalue weighted by Crippen LogP contribution is -2.47. The molecule has 1 aliphatic rings. The number of piperidine rings is 1. The predicted molar refractivity (Wildman–Crippen MR) is 106 cm³/mol. The lowest BCUT2D eigenvalue weighted by molar-refractivity contribution is 0.0773. The topological polar surface area (TPSA) is 58.6 Å². The monoisotopic (exact) mass is 368 g/mol. The number of benzene rings is 1. The van der Waals surface area contributed by atoms with E-state index in [0.717, 1.165) is 48.8 Å². The molecule has 0 N–H and O–H groups in total.